The highest BCUT2D eigenvalue weighted by Gasteiger charge is 2.30. The molecule has 1 heterocycles. The van der Waals surface area contributed by atoms with Gasteiger partial charge in [0.15, 0.2) is 6.61 Å². The van der Waals surface area contributed by atoms with Crippen molar-refractivity contribution in [1.29, 1.82) is 0 Å². The van der Waals surface area contributed by atoms with Gasteiger partial charge < -0.3 is 14.0 Å². The topological polar surface area (TPSA) is 69.6 Å². The molecule has 1 aromatic heterocycles. The minimum atomic E-state index is -4.38. The second-order valence-corrected chi connectivity index (χ2v) is 6.07. The van der Waals surface area contributed by atoms with E-state index in [1.165, 1.54) is 26.0 Å². The molecule has 0 aliphatic carbocycles. The van der Waals surface area contributed by atoms with Crippen LogP contribution in [0.25, 0.3) is 0 Å². The lowest BCUT2D eigenvalue weighted by Crippen LogP contribution is -2.20. The largest absolute Gasteiger partial charge is 0.485 e. The first kappa shape index (κ1) is 21.3. The summed E-state index contributed by atoms with van der Waals surface area (Å²) in [6.45, 7) is 3.38. The van der Waals surface area contributed by atoms with Crippen LogP contribution in [0.5, 0.6) is 5.75 Å². The fourth-order valence-corrected chi connectivity index (χ4v) is 2.68. The molecule has 0 spiro atoms. The number of carbonyl (C=O) groups is 2. The van der Waals surface area contributed by atoms with E-state index in [1.807, 2.05) is 0 Å². The fourth-order valence-electron chi connectivity index (χ4n) is 2.68. The molecule has 2 aromatic rings. The molecule has 152 valence electrons. The number of rotatable bonds is 7. The van der Waals surface area contributed by atoms with Crippen LogP contribution in [-0.4, -0.2) is 35.8 Å². The maximum atomic E-state index is 12.7. The summed E-state index contributed by atoms with van der Waals surface area (Å²) in [5.74, 6) is -0.114. The Morgan fingerprint density at radius 2 is 1.89 bits per heavy atom. The molecule has 0 aliphatic rings. The Labute approximate surface area is 160 Å². The molecule has 0 saturated carbocycles. The van der Waals surface area contributed by atoms with Crippen LogP contribution in [0.4, 0.5) is 23.7 Å². The number of anilines is 1. The number of aromatic nitrogens is 1. The highest BCUT2D eigenvalue weighted by molar-refractivity contribution is 5.98. The normalized spacial score (nSPS) is 11.2. The minimum absolute atomic E-state index is 0.183. The van der Waals surface area contributed by atoms with E-state index < -0.39 is 24.6 Å². The number of nitrogens with one attached hydrogen (secondary N) is 1. The Morgan fingerprint density at radius 3 is 2.54 bits per heavy atom. The quantitative estimate of drug-likeness (QED) is 0.698. The zero-order valence-electron chi connectivity index (χ0n) is 15.7. The Kier molecular flexibility index (Phi) is 6.71. The highest BCUT2D eigenvalue weighted by Crippen LogP contribution is 2.24. The summed E-state index contributed by atoms with van der Waals surface area (Å²) >= 11 is 0. The maximum absolute atomic E-state index is 12.7. The predicted molar refractivity (Wildman–Crippen MR) is 96.9 cm³/mol. The van der Waals surface area contributed by atoms with Gasteiger partial charge in [-0.15, -0.1) is 0 Å². The van der Waals surface area contributed by atoms with Crippen molar-refractivity contribution >= 4 is 17.6 Å². The molecule has 2 rings (SSSR count). The van der Waals surface area contributed by atoms with Crippen molar-refractivity contribution in [1.82, 2.24) is 4.57 Å². The summed E-state index contributed by atoms with van der Waals surface area (Å²) in [7, 11) is 0. The molecule has 28 heavy (non-hydrogen) atoms. The third-order valence-corrected chi connectivity index (χ3v) is 3.94. The van der Waals surface area contributed by atoms with Crippen molar-refractivity contribution in [3.63, 3.8) is 0 Å². The van der Waals surface area contributed by atoms with Crippen LogP contribution < -0.4 is 10.1 Å². The van der Waals surface area contributed by atoms with E-state index in [2.05, 4.69) is 5.32 Å². The first-order chi connectivity index (χ1) is 13.1. The Balaban J connectivity index is 2.05. The van der Waals surface area contributed by atoms with Crippen molar-refractivity contribution in [3.05, 3.63) is 47.3 Å². The van der Waals surface area contributed by atoms with Gasteiger partial charge in [-0.2, -0.15) is 13.2 Å². The van der Waals surface area contributed by atoms with Crippen LogP contribution in [0.1, 0.15) is 28.7 Å². The number of hydrogen-bond donors (Lipinski definition) is 1. The van der Waals surface area contributed by atoms with Crippen LogP contribution in [0.2, 0.25) is 0 Å². The van der Waals surface area contributed by atoms with Gasteiger partial charge in [0.1, 0.15) is 12.3 Å². The van der Waals surface area contributed by atoms with Gasteiger partial charge in [0.05, 0.1) is 6.61 Å². The molecule has 0 saturated heterocycles. The molecule has 0 bridgehead atoms. The number of alkyl halides is 3. The maximum Gasteiger partial charge on any atom is 0.411 e. The van der Waals surface area contributed by atoms with E-state index in [9.17, 15) is 22.8 Å². The third kappa shape index (κ3) is 5.77. The number of carbonyl (C=O) groups excluding carboxylic acids is 2. The summed E-state index contributed by atoms with van der Waals surface area (Å²) < 4.78 is 49.3. The predicted octanol–water partition coefficient (Wildman–Crippen LogP) is 4.50. The van der Waals surface area contributed by atoms with Crippen LogP contribution in [0.3, 0.4) is 0 Å². The molecule has 1 N–H and O–H groups in total. The third-order valence-electron chi connectivity index (χ3n) is 3.94. The fraction of sp³-hybridized carbons (Fsp3) is 0.368. The lowest BCUT2D eigenvalue weighted by molar-refractivity contribution is -0.141. The van der Waals surface area contributed by atoms with E-state index in [0.29, 0.717) is 17.1 Å². The number of ketones is 1. The van der Waals surface area contributed by atoms with Crippen molar-refractivity contribution < 1.29 is 32.2 Å². The molecule has 9 heteroatoms. The SMILES string of the molecule is CCOC(=O)Nc1cccc(OCC(=O)c2cc(C)n(CC(F)(F)F)c2C)c1. The van der Waals surface area contributed by atoms with Gasteiger partial charge >= 0.3 is 12.3 Å². The second kappa shape index (κ2) is 8.81. The number of amides is 1. The Morgan fingerprint density at radius 1 is 1.18 bits per heavy atom. The number of nitrogens with zero attached hydrogens (tertiary/aromatic N) is 1. The van der Waals surface area contributed by atoms with Gasteiger partial charge in [-0.3, -0.25) is 10.1 Å². The average molecular weight is 398 g/mol. The minimum Gasteiger partial charge on any atom is -0.485 e. The van der Waals surface area contributed by atoms with E-state index in [0.717, 1.165) is 4.57 Å². The zero-order chi connectivity index (χ0) is 20.9. The van der Waals surface area contributed by atoms with E-state index >= 15 is 0 Å². The number of Topliss-reactive ketones (excluding diaryl/α,β-unsaturated/α-hetero) is 1. The van der Waals surface area contributed by atoms with Gasteiger partial charge in [-0.1, -0.05) is 6.07 Å². The van der Waals surface area contributed by atoms with Crippen LogP contribution in [0, 0.1) is 13.8 Å². The Hall–Kier alpha value is -2.97. The monoisotopic (exact) mass is 398 g/mol. The second-order valence-electron chi connectivity index (χ2n) is 6.07. The molecular formula is C19H21F3N2O4. The number of halogens is 3. The summed E-state index contributed by atoms with van der Waals surface area (Å²) in [5, 5.41) is 2.51. The van der Waals surface area contributed by atoms with Gasteiger partial charge in [-0.05, 0) is 39.0 Å². The molecule has 0 aliphatic heterocycles. The number of benzene rings is 1. The Bertz CT molecular complexity index is 859. The molecule has 1 aromatic carbocycles. The zero-order valence-corrected chi connectivity index (χ0v) is 15.7. The van der Waals surface area contributed by atoms with E-state index in [4.69, 9.17) is 9.47 Å². The molecule has 0 unspecified atom stereocenters. The van der Waals surface area contributed by atoms with Crippen molar-refractivity contribution in [2.45, 2.75) is 33.5 Å². The van der Waals surface area contributed by atoms with Crippen molar-refractivity contribution in [2.75, 3.05) is 18.5 Å². The van der Waals surface area contributed by atoms with E-state index in [1.54, 1.807) is 25.1 Å². The lowest BCUT2D eigenvalue weighted by Gasteiger charge is -2.12. The summed E-state index contributed by atoms with van der Waals surface area (Å²) in [5.41, 5.74) is 1.19. The van der Waals surface area contributed by atoms with Crippen LogP contribution in [-0.2, 0) is 11.3 Å². The number of aryl methyl sites for hydroxylation is 1. The molecule has 0 atom stereocenters. The average Bonchev–Trinajstić information content (AvgIpc) is 2.87. The molecule has 0 radical (unpaired) electrons. The van der Waals surface area contributed by atoms with E-state index in [-0.39, 0.29) is 24.5 Å². The van der Waals surface area contributed by atoms with Gasteiger partial charge in [-0.25, -0.2) is 4.79 Å². The lowest BCUT2D eigenvalue weighted by atomic mass is 10.1. The molecular weight excluding hydrogens is 377 g/mol. The van der Waals surface area contributed by atoms with Crippen molar-refractivity contribution in [2.24, 2.45) is 0 Å². The first-order valence-corrected chi connectivity index (χ1v) is 8.54. The van der Waals surface area contributed by atoms with Crippen molar-refractivity contribution in [3.8, 4) is 5.75 Å². The standard InChI is InChI=1S/C19H21F3N2O4/c1-4-27-18(26)23-14-6-5-7-15(9-14)28-10-17(25)16-8-12(2)24(13(16)3)11-19(20,21)22/h5-9H,4,10-11H2,1-3H3,(H,23,26). The number of hydrogen-bond acceptors (Lipinski definition) is 4. The molecule has 0 fully saturated rings. The van der Waals surface area contributed by atoms with Gasteiger partial charge in [0.25, 0.3) is 0 Å². The summed E-state index contributed by atoms with van der Waals surface area (Å²) in [6.07, 6.45) is -5.00. The number of ether oxygens (including phenoxy) is 2. The van der Waals surface area contributed by atoms with Crippen LogP contribution >= 0.6 is 0 Å². The first-order valence-electron chi connectivity index (χ1n) is 8.54. The van der Waals surface area contributed by atoms with Crippen LogP contribution in [0.15, 0.2) is 30.3 Å². The van der Waals surface area contributed by atoms with Gasteiger partial charge in [0.2, 0.25) is 5.78 Å². The molecule has 1 amide bonds. The highest BCUT2D eigenvalue weighted by atomic mass is 19.4. The summed E-state index contributed by atoms with van der Waals surface area (Å²) in [6, 6.07) is 7.77. The molecule has 6 nitrogen and oxygen atoms in total. The smallest absolute Gasteiger partial charge is 0.411 e. The summed E-state index contributed by atoms with van der Waals surface area (Å²) in [4.78, 5) is 23.8. The van der Waals surface area contributed by atoms with Gasteiger partial charge in [0, 0.05) is 28.7 Å².